The smallest absolute Gasteiger partial charge is 0.257 e. The van der Waals surface area contributed by atoms with Crippen molar-refractivity contribution < 1.29 is 4.79 Å². The molecule has 0 aliphatic rings. The Labute approximate surface area is 157 Å². The fourth-order valence-electron chi connectivity index (χ4n) is 2.33. The minimum atomic E-state index is -0.221. The maximum Gasteiger partial charge on any atom is 0.257 e. The first-order valence-electron chi connectivity index (χ1n) is 8.09. The lowest BCUT2D eigenvalue weighted by Crippen LogP contribution is -2.12. The Kier molecular flexibility index (Phi) is 5.39. The van der Waals surface area contributed by atoms with Crippen molar-refractivity contribution in [1.29, 1.82) is 0 Å². The highest BCUT2D eigenvalue weighted by atomic mass is 35.5. The average Bonchev–Trinajstić information content (AvgIpc) is 2.64. The molecule has 0 bridgehead atoms. The molecule has 1 heterocycles. The molecule has 0 fully saturated rings. The number of aromatic nitrogens is 1. The van der Waals surface area contributed by atoms with Crippen molar-refractivity contribution in [2.75, 3.05) is 29.6 Å². The van der Waals surface area contributed by atoms with E-state index in [2.05, 4.69) is 15.6 Å². The van der Waals surface area contributed by atoms with Crippen LogP contribution in [-0.2, 0) is 0 Å². The highest BCUT2D eigenvalue weighted by Gasteiger charge is 2.07. The number of carbonyl (C=O) groups is 1. The molecule has 0 radical (unpaired) electrons. The van der Waals surface area contributed by atoms with Crippen LogP contribution in [0.25, 0.3) is 0 Å². The third kappa shape index (κ3) is 4.52. The number of nitrogens with zero attached hydrogens (tertiary/aromatic N) is 2. The highest BCUT2D eigenvalue weighted by Crippen LogP contribution is 2.19. The Morgan fingerprint density at radius 3 is 2.15 bits per heavy atom. The SMILES string of the molecule is CN(C)c1ccc(Nc2ccc(C(=O)Nc3ccc(Cl)cc3)cn2)cc1. The van der Waals surface area contributed by atoms with Gasteiger partial charge in [0.25, 0.3) is 5.91 Å². The van der Waals surface area contributed by atoms with Crippen molar-refractivity contribution in [3.63, 3.8) is 0 Å². The van der Waals surface area contributed by atoms with E-state index in [0.29, 0.717) is 22.1 Å². The molecular weight excluding hydrogens is 348 g/mol. The molecule has 3 aromatic rings. The van der Waals surface area contributed by atoms with Crippen LogP contribution >= 0.6 is 11.6 Å². The first kappa shape index (κ1) is 17.8. The summed E-state index contributed by atoms with van der Waals surface area (Å²) in [7, 11) is 4.00. The van der Waals surface area contributed by atoms with Crippen molar-refractivity contribution in [2.24, 2.45) is 0 Å². The lowest BCUT2D eigenvalue weighted by Gasteiger charge is -2.13. The van der Waals surface area contributed by atoms with Gasteiger partial charge in [0.2, 0.25) is 0 Å². The van der Waals surface area contributed by atoms with Crippen LogP contribution in [0.4, 0.5) is 22.9 Å². The monoisotopic (exact) mass is 366 g/mol. The van der Waals surface area contributed by atoms with Gasteiger partial charge in [0.15, 0.2) is 0 Å². The second-order valence-electron chi connectivity index (χ2n) is 5.96. The number of nitrogens with one attached hydrogen (secondary N) is 2. The summed E-state index contributed by atoms with van der Waals surface area (Å²) in [6.07, 6.45) is 1.54. The number of rotatable bonds is 5. The molecule has 1 aromatic heterocycles. The Morgan fingerprint density at radius 2 is 1.58 bits per heavy atom. The van der Waals surface area contributed by atoms with E-state index < -0.39 is 0 Å². The molecule has 0 aliphatic heterocycles. The van der Waals surface area contributed by atoms with Crippen LogP contribution in [0.2, 0.25) is 5.02 Å². The minimum Gasteiger partial charge on any atom is -0.378 e. The Morgan fingerprint density at radius 1 is 0.923 bits per heavy atom. The van der Waals surface area contributed by atoms with Crippen molar-refractivity contribution in [2.45, 2.75) is 0 Å². The zero-order chi connectivity index (χ0) is 18.5. The third-order valence-corrected chi connectivity index (χ3v) is 4.04. The van der Waals surface area contributed by atoms with Gasteiger partial charge in [0.05, 0.1) is 5.56 Å². The lowest BCUT2D eigenvalue weighted by atomic mass is 10.2. The van der Waals surface area contributed by atoms with Crippen LogP contribution in [0.5, 0.6) is 0 Å². The van der Waals surface area contributed by atoms with Crippen LogP contribution in [0.3, 0.4) is 0 Å². The first-order valence-corrected chi connectivity index (χ1v) is 8.46. The Balaban J connectivity index is 1.64. The second-order valence-corrected chi connectivity index (χ2v) is 6.40. The molecule has 2 N–H and O–H groups in total. The molecule has 6 heteroatoms. The average molecular weight is 367 g/mol. The van der Waals surface area contributed by atoms with Crippen molar-refractivity contribution in [1.82, 2.24) is 4.98 Å². The maximum atomic E-state index is 12.3. The normalized spacial score (nSPS) is 10.3. The van der Waals surface area contributed by atoms with E-state index in [0.717, 1.165) is 11.4 Å². The van der Waals surface area contributed by atoms with Crippen molar-refractivity contribution >= 4 is 40.4 Å². The van der Waals surface area contributed by atoms with Gasteiger partial charge in [-0.2, -0.15) is 0 Å². The molecule has 0 spiro atoms. The van der Waals surface area contributed by atoms with E-state index in [4.69, 9.17) is 11.6 Å². The van der Waals surface area contributed by atoms with Crippen LogP contribution in [0, 0.1) is 0 Å². The number of carbonyl (C=O) groups excluding carboxylic acids is 1. The second kappa shape index (κ2) is 7.89. The summed E-state index contributed by atoms with van der Waals surface area (Å²) < 4.78 is 0. The standard InChI is InChI=1S/C20H19ClN4O/c1-25(2)18-10-8-16(9-11-18)23-19-12-3-14(13-22-19)20(26)24-17-6-4-15(21)5-7-17/h3-13H,1-2H3,(H,22,23)(H,24,26). The number of hydrogen-bond acceptors (Lipinski definition) is 4. The third-order valence-electron chi connectivity index (χ3n) is 3.78. The van der Waals surface area contributed by atoms with Crippen LogP contribution in [0.15, 0.2) is 66.9 Å². The zero-order valence-corrected chi connectivity index (χ0v) is 15.3. The molecule has 26 heavy (non-hydrogen) atoms. The molecule has 3 rings (SSSR count). The van der Waals surface area contributed by atoms with E-state index in [-0.39, 0.29) is 5.91 Å². The van der Waals surface area contributed by atoms with Gasteiger partial charge in [0.1, 0.15) is 5.82 Å². The summed E-state index contributed by atoms with van der Waals surface area (Å²) in [5.41, 5.74) is 3.22. The van der Waals surface area contributed by atoms with E-state index >= 15 is 0 Å². The molecule has 132 valence electrons. The van der Waals surface area contributed by atoms with E-state index in [1.165, 1.54) is 0 Å². The first-order chi connectivity index (χ1) is 12.5. The molecule has 0 atom stereocenters. The summed E-state index contributed by atoms with van der Waals surface area (Å²) in [5.74, 6) is 0.451. The Bertz CT molecular complexity index is 875. The molecule has 0 unspecified atom stereocenters. The largest absolute Gasteiger partial charge is 0.378 e. The zero-order valence-electron chi connectivity index (χ0n) is 14.5. The molecule has 0 aliphatic carbocycles. The van der Waals surface area contributed by atoms with Gasteiger partial charge in [-0.3, -0.25) is 4.79 Å². The summed E-state index contributed by atoms with van der Waals surface area (Å²) >= 11 is 5.84. The molecule has 1 amide bonds. The predicted octanol–water partition coefficient (Wildman–Crippen LogP) is 4.80. The fourth-order valence-corrected chi connectivity index (χ4v) is 2.46. The van der Waals surface area contributed by atoms with Crippen molar-refractivity contribution in [3.8, 4) is 0 Å². The Hall–Kier alpha value is -3.05. The molecule has 0 saturated heterocycles. The molecule has 0 saturated carbocycles. The van der Waals surface area contributed by atoms with Gasteiger partial charge >= 0.3 is 0 Å². The highest BCUT2D eigenvalue weighted by molar-refractivity contribution is 6.30. The van der Waals surface area contributed by atoms with Gasteiger partial charge in [-0.25, -0.2) is 4.98 Å². The maximum absolute atomic E-state index is 12.3. The number of hydrogen-bond donors (Lipinski definition) is 2. The molecule has 2 aromatic carbocycles. The summed E-state index contributed by atoms with van der Waals surface area (Å²) in [6.45, 7) is 0. The van der Waals surface area contributed by atoms with E-state index in [1.807, 2.05) is 43.3 Å². The number of benzene rings is 2. The minimum absolute atomic E-state index is 0.221. The number of halogens is 1. The van der Waals surface area contributed by atoms with Gasteiger partial charge in [0, 0.05) is 42.4 Å². The van der Waals surface area contributed by atoms with Gasteiger partial charge in [-0.05, 0) is 60.7 Å². The predicted molar refractivity (Wildman–Crippen MR) is 108 cm³/mol. The van der Waals surface area contributed by atoms with Gasteiger partial charge in [-0.1, -0.05) is 11.6 Å². The van der Waals surface area contributed by atoms with E-state index in [1.54, 1.807) is 42.6 Å². The quantitative estimate of drug-likeness (QED) is 0.681. The van der Waals surface area contributed by atoms with Crippen LogP contribution < -0.4 is 15.5 Å². The molecular formula is C20H19ClN4O. The fraction of sp³-hybridized carbons (Fsp3) is 0.100. The van der Waals surface area contributed by atoms with Crippen LogP contribution in [-0.4, -0.2) is 25.0 Å². The molecule has 5 nitrogen and oxygen atoms in total. The van der Waals surface area contributed by atoms with E-state index in [9.17, 15) is 4.79 Å². The van der Waals surface area contributed by atoms with Gasteiger partial charge < -0.3 is 15.5 Å². The summed E-state index contributed by atoms with van der Waals surface area (Å²) in [6, 6.07) is 18.5. The number of anilines is 4. The topological polar surface area (TPSA) is 57.3 Å². The number of pyridine rings is 1. The van der Waals surface area contributed by atoms with Gasteiger partial charge in [-0.15, -0.1) is 0 Å². The summed E-state index contributed by atoms with van der Waals surface area (Å²) in [5, 5.41) is 6.65. The van der Waals surface area contributed by atoms with Crippen LogP contribution in [0.1, 0.15) is 10.4 Å². The number of amides is 1. The lowest BCUT2D eigenvalue weighted by molar-refractivity contribution is 0.102. The van der Waals surface area contributed by atoms with Crippen molar-refractivity contribution in [3.05, 3.63) is 77.4 Å². The summed E-state index contributed by atoms with van der Waals surface area (Å²) in [4.78, 5) is 18.6.